The highest BCUT2D eigenvalue weighted by Crippen LogP contribution is 2.48. The zero-order chi connectivity index (χ0) is 29.6. The van der Waals surface area contributed by atoms with Gasteiger partial charge in [0.1, 0.15) is 12.4 Å². The number of rotatable bonds is 11. The highest BCUT2D eigenvalue weighted by atomic mass is 32.2. The molecule has 0 saturated carbocycles. The number of hydrogen-bond acceptors (Lipinski definition) is 6. The van der Waals surface area contributed by atoms with E-state index < -0.39 is 11.5 Å². The number of amides is 1. The number of aliphatic hydroxyl groups is 1. The zero-order valence-corrected chi connectivity index (χ0v) is 25.6. The van der Waals surface area contributed by atoms with Gasteiger partial charge in [0.15, 0.2) is 0 Å². The maximum absolute atomic E-state index is 11.7. The van der Waals surface area contributed by atoms with Crippen molar-refractivity contribution in [1.29, 1.82) is 0 Å². The van der Waals surface area contributed by atoms with Gasteiger partial charge in [-0.2, -0.15) is 0 Å². The number of ether oxygens (including phenoxy) is 2. The van der Waals surface area contributed by atoms with Crippen LogP contribution in [0.1, 0.15) is 84.3 Å². The van der Waals surface area contributed by atoms with E-state index in [9.17, 15) is 14.7 Å². The minimum Gasteiger partial charge on any atom is -0.490 e. The fourth-order valence-corrected chi connectivity index (χ4v) is 5.57. The smallest absolute Gasteiger partial charge is 0.305 e. The van der Waals surface area contributed by atoms with Crippen molar-refractivity contribution in [2.45, 2.75) is 91.1 Å². The van der Waals surface area contributed by atoms with Crippen LogP contribution in [0.25, 0.3) is 0 Å². The molecular weight excluding hydrogens is 510 g/mol. The second-order valence-corrected chi connectivity index (χ2v) is 10.8. The molecule has 0 unspecified atom stereocenters. The Bertz CT molecular complexity index is 1070. The van der Waals surface area contributed by atoms with Crippen LogP contribution in [0.5, 0.6) is 5.75 Å². The molecule has 3 N–H and O–H groups in total. The topological polar surface area (TPSA) is 98.9 Å². The van der Waals surface area contributed by atoms with Crippen molar-refractivity contribution in [2.75, 3.05) is 13.7 Å². The summed E-state index contributed by atoms with van der Waals surface area (Å²) in [4.78, 5) is 23.7. The number of aryl methyl sites for hydroxylation is 1. The average Bonchev–Trinajstić information content (AvgIpc) is 3.03. The van der Waals surface area contributed by atoms with Crippen LogP contribution in [-0.4, -0.2) is 36.3 Å². The molecule has 1 aromatic rings. The van der Waals surface area contributed by atoms with E-state index in [4.69, 9.17) is 10.5 Å². The summed E-state index contributed by atoms with van der Waals surface area (Å²) >= 11 is 1.61. The van der Waals surface area contributed by atoms with E-state index in [2.05, 4.69) is 50.3 Å². The van der Waals surface area contributed by atoms with Gasteiger partial charge in [0, 0.05) is 22.3 Å². The Labute approximate surface area is 239 Å². The highest BCUT2D eigenvalue weighted by molar-refractivity contribution is 8.07. The van der Waals surface area contributed by atoms with Crippen LogP contribution in [-0.2, 0) is 19.7 Å². The molecule has 0 aliphatic carbocycles. The summed E-state index contributed by atoms with van der Waals surface area (Å²) in [6, 6.07) is 6.37. The van der Waals surface area contributed by atoms with Crippen molar-refractivity contribution in [3.8, 4) is 5.75 Å². The van der Waals surface area contributed by atoms with E-state index in [-0.39, 0.29) is 18.0 Å². The van der Waals surface area contributed by atoms with Gasteiger partial charge >= 0.3 is 5.97 Å². The van der Waals surface area contributed by atoms with Gasteiger partial charge < -0.3 is 20.3 Å². The van der Waals surface area contributed by atoms with Gasteiger partial charge in [0.05, 0.1) is 12.7 Å². The van der Waals surface area contributed by atoms with Gasteiger partial charge in [-0.25, -0.2) is 0 Å². The second-order valence-electron chi connectivity index (χ2n) is 9.66. The van der Waals surface area contributed by atoms with E-state index in [0.29, 0.717) is 24.8 Å². The van der Waals surface area contributed by atoms with Crippen LogP contribution in [0.4, 0.5) is 0 Å². The average molecular weight is 558 g/mol. The molecular formula is C32H47NO5S. The van der Waals surface area contributed by atoms with Gasteiger partial charge in [-0.1, -0.05) is 83.3 Å². The quantitative estimate of drug-likeness (QED) is 0.283. The number of primary amides is 1. The molecule has 1 amide bonds. The van der Waals surface area contributed by atoms with Gasteiger partial charge in [-0.3, -0.25) is 9.59 Å². The maximum Gasteiger partial charge on any atom is 0.305 e. The molecule has 0 radical (unpaired) electrons. The number of hydrogen-bond donors (Lipinski definition) is 2. The van der Waals surface area contributed by atoms with Gasteiger partial charge in [-0.05, 0) is 67.2 Å². The third-order valence-electron chi connectivity index (χ3n) is 7.31. The molecule has 0 atom stereocenters. The van der Waals surface area contributed by atoms with E-state index in [1.54, 1.807) is 30.8 Å². The van der Waals surface area contributed by atoms with Crippen molar-refractivity contribution in [3.05, 3.63) is 75.6 Å². The Hall–Kier alpha value is -2.77. The van der Waals surface area contributed by atoms with Crippen LogP contribution in [0.2, 0.25) is 0 Å². The SMILES string of the molecule is C=C1/C=C(C(N)=O)\C=C/C/C=C(/C(CC)(CC)c2ccc(OCC(O)(CC)CC)c(C)c2)S1.CCC(=O)OC. The number of carbonyl (C=O) groups excluding carboxylic acids is 2. The summed E-state index contributed by atoms with van der Waals surface area (Å²) in [5.74, 6) is 0.200. The monoisotopic (exact) mass is 557 g/mol. The summed E-state index contributed by atoms with van der Waals surface area (Å²) in [6.07, 6.45) is 12.1. The van der Waals surface area contributed by atoms with Crippen molar-refractivity contribution in [2.24, 2.45) is 5.73 Å². The normalized spacial score (nSPS) is 17.6. The second kappa shape index (κ2) is 16.4. The number of allylic oxidation sites excluding steroid dienone is 4. The third-order valence-corrected chi connectivity index (χ3v) is 8.47. The predicted molar refractivity (Wildman–Crippen MR) is 163 cm³/mol. The molecule has 2 rings (SSSR count). The molecule has 0 spiro atoms. The number of benzene rings is 1. The van der Waals surface area contributed by atoms with Crippen molar-refractivity contribution in [3.63, 3.8) is 0 Å². The first-order valence-electron chi connectivity index (χ1n) is 13.7. The van der Waals surface area contributed by atoms with Crippen LogP contribution in [0, 0.1) is 6.92 Å². The van der Waals surface area contributed by atoms with E-state index in [1.807, 2.05) is 26.0 Å². The maximum atomic E-state index is 11.7. The molecule has 1 aliphatic rings. The Kier molecular flexibility index (Phi) is 14.4. The Balaban J connectivity index is 0.00000113. The molecule has 216 valence electrons. The molecule has 39 heavy (non-hydrogen) atoms. The first-order chi connectivity index (χ1) is 18.4. The summed E-state index contributed by atoms with van der Waals surface area (Å²) in [7, 11) is 1.38. The Morgan fingerprint density at radius 2 is 1.74 bits per heavy atom. The number of thioether (sulfide) groups is 1. The first-order valence-corrected chi connectivity index (χ1v) is 14.6. The molecule has 0 aromatic heterocycles. The van der Waals surface area contributed by atoms with Crippen LogP contribution >= 0.6 is 11.8 Å². The van der Waals surface area contributed by atoms with E-state index >= 15 is 0 Å². The highest BCUT2D eigenvalue weighted by Gasteiger charge is 2.34. The van der Waals surface area contributed by atoms with E-state index in [1.165, 1.54) is 17.6 Å². The van der Waals surface area contributed by atoms with Crippen LogP contribution < -0.4 is 10.5 Å². The fraction of sp³-hybridized carbons (Fsp3) is 0.500. The lowest BCUT2D eigenvalue weighted by molar-refractivity contribution is -0.140. The van der Waals surface area contributed by atoms with Gasteiger partial charge in [0.2, 0.25) is 5.91 Å². The fourth-order valence-electron chi connectivity index (χ4n) is 4.32. The standard InChI is InChI=1S/C28H39NO3S.C4H8O2/c1-7-27(31,8-2)19-32-24-16-15-23(17-20(24)5)28(9-3,10-4)25-14-12-11-13-22(26(29)30)18-21(6)33-25;1-3-4(5)6-2/h11,13-18,31H,6-10,12,19H2,1-5H3,(H2,29,30);3H2,1-2H3/b13-11-,22-18+,25-14-;. The molecule has 1 aliphatic heterocycles. The lowest BCUT2D eigenvalue weighted by Crippen LogP contribution is -2.34. The molecule has 6 nitrogen and oxygen atoms in total. The van der Waals surface area contributed by atoms with Crippen molar-refractivity contribution in [1.82, 2.24) is 0 Å². The molecule has 1 heterocycles. The van der Waals surface area contributed by atoms with Crippen molar-refractivity contribution >= 4 is 23.6 Å². The first kappa shape index (κ1) is 34.3. The van der Waals surface area contributed by atoms with Crippen molar-refractivity contribution < 1.29 is 24.2 Å². The summed E-state index contributed by atoms with van der Waals surface area (Å²) in [5.41, 5.74) is 7.29. The van der Waals surface area contributed by atoms with Crippen LogP contribution in [0.15, 0.2) is 64.5 Å². The van der Waals surface area contributed by atoms with Gasteiger partial charge in [0.25, 0.3) is 0 Å². The molecule has 0 saturated heterocycles. The summed E-state index contributed by atoms with van der Waals surface area (Å²) in [6.45, 7) is 16.7. The molecule has 0 fully saturated rings. The number of nitrogens with two attached hydrogens (primary N) is 1. The number of esters is 1. The lowest BCUT2D eigenvalue weighted by Gasteiger charge is -2.36. The van der Waals surface area contributed by atoms with E-state index in [0.717, 1.165) is 35.5 Å². The van der Waals surface area contributed by atoms with Crippen LogP contribution in [0.3, 0.4) is 0 Å². The minimum atomic E-state index is -0.800. The Morgan fingerprint density at radius 1 is 1.10 bits per heavy atom. The van der Waals surface area contributed by atoms with Gasteiger partial charge in [-0.15, -0.1) is 0 Å². The predicted octanol–water partition coefficient (Wildman–Crippen LogP) is 7.05. The summed E-state index contributed by atoms with van der Waals surface area (Å²) < 4.78 is 10.3. The largest absolute Gasteiger partial charge is 0.490 e. The molecule has 7 heteroatoms. The zero-order valence-electron chi connectivity index (χ0n) is 24.8. The third kappa shape index (κ3) is 9.73. The summed E-state index contributed by atoms with van der Waals surface area (Å²) in [5, 5.41) is 10.6. The molecule has 0 bridgehead atoms. The lowest BCUT2D eigenvalue weighted by atomic mass is 9.74. The minimum absolute atomic E-state index is 0.157. The number of methoxy groups -OCH3 is 1. The molecule has 1 aromatic carbocycles. The number of carbonyl (C=O) groups is 2. The Morgan fingerprint density at radius 3 is 2.21 bits per heavy atom.